The van der Waals surface area contributed by atoms with Gasteiger partial charge in [-0.25, -0.2) is 4.39 Å². The first-order valence-corrected chi connectivity index (χ1v) is 15.9. The summed E-state index contributed by atoms with van der Waals surface area (Å²) in [6, 6.07) is -0.533. The van der Waals surface area contributed by atoms with Crippen molar-refractivity contribution >= 4 is 11.7 Å². The predicted molar refractivity (Wildman–Crippen MR) is 147 cm³/mol. The molecular formula is C30H46FN5O4. The molecule has 0 aromatic rings. The molecular weight excluding hydrogens is 513 g/mol. The molecule has 40 heavy (non-hydrogen) atoms. The fourth-order valence-corrected chi connectivity index (χ4v) is 8.95. The van der Waals surface area contributed by atoms with Gasteiger partial charge in [0.1, 0.15) is 6.17 Å². The quantitative estimate of drug-likeness (QED) is 0.482. The summed E-state index contributed by atoms with van der Waals surface area (Å²) >= 11 is 0. The Morgan fingerprint density at radius 1 is 1.05 bits per heavy atom. The van der Waals surface area contributed by atoms with Crippen LogP contribution in [0.3, 0.4) is 0 Å². The molecule has 7 aliphatic rings. The topological polar surface area (TPSA) is 86.4 Å². The Labute approximate surface area is 237 Å². The van der Waals surface area contributed by atoms with Crippen molar-refractivity contribution in [2.45, 2.75) is 81.5 Å². The second-order valence-electron chi connectivity index (χ2n) is 13.2. The van der Waals surface area contributed by atoms with Crippen molar-refractivity contribution in [3.8, 4) is 0 Å². The van der Waals surface area contributed by atoms with Crippen LogP contribution in [0.25, 0.3) is 0 Å². The van der Waals surface area contributed by atoms with Crippen molar-refractivity contribution in [2.75, 3.05) is 65.6 Å². The summed E-state index contributed by atoms with van der Waals surface area (Å²) in [7, 11) is 0. The van der Waals surface area contributed by atoms with Gasteiger partial charge in [0, 0.05) is 64.5 Å². The maximum absolute atomic E-state index is 16.1. The zero-order valence-corrected chi connectivity index (χ0v) is 23.6. The Hall–Kier alpha value is -1.59. The third-order valence-electron chi connectivity index (χ3n) is 11.0. The molecule has 9 unspecified atom stereocenters. The maximum Gasteiger partial charge on any atom is 0.259 e. The lowest BCUT2D eigenvalue weighted by Gasteiger charge is -2.61. The smallest absolute Gasteiger partial charge is 0.259 e. The molecule has 4 aliphatic heterocycles. The number of fused-ring (bicyclic) bond motifs is 3. The van der Waals surface area contributed by atoms with E-state index in [0.29, 0.717) is 44.7 Å². The molecule has 6 fully saturated rings. The van der Waals surface area contributed by atoms with Gasteiger partial charge in [0.25, 0.3) is 5.91 Å². The van der Waals surface area contributed by atoms with E-state index in [0.717, 1.165) is 45.6 Å². The number of morpholine rings is 2. The van der Waals surface area contributed by atoms with Crippen LogP contribution in [0.5, 0.6) is 0 Å². The predicted octanol–water partition coefficient (Wildman–Crippen LogP) is 0.940. The van der Waals surface area contributed by atoms with E-state index in [2.05, 4.69) is 20.4 Å². The number of nitrogens with zero attached hydrogens (tertiary/aromatic N) is 3. The number of rotatable bonds is 5. The fourth-order valence-electron chi connectivity index (χ4n) is 8.95. The van der Waals surface area contributed by atoms with E-state index in [1.165, 1.54) is 25.7 Å². The van der Waals surface area contributed by atoms with Crippen LogP contribution in [0.1, 0.15) is 44.9 Å². The van der Waals surface area contributed by atoms with Gasteiger partial charge < -0.3 is 29.9 Å². The van der Waals surface area contributed by atoms with Crippen molar-refractivity contribution in [3.05, 3.63) is 11.8 Å². The van der Waals surface area contributed by atoms with Crippen LogP contribution in [0.2, 0.25) is 0 Å². The van der Waals surface area contributed by atoms with E-state index < -0.39 is 24.2 Å². The number of nitrogens with one attached hydrogen (secondary N) is 2. The van der Waals surface area contributed by atoms with Crippen molar-refractivity contribution in [3.63, 3.8) is 0 Å². The molecule has 1 amide bonds. The molecule has 222 valence electrons. The Morgan fingerprint density at radius 3 is 2.58 bits per heavy atom. The first-order valence-electron chi connectivity index (χ1n) is 15.9. The molecule has 0 bridgehead atoms. The minimum atomic E-state index is -1.19. The molecule has 3 saturated heterocycles. The Bertz CT molecular complexity index is 985. The number of halogens is 1. The SMILES string of the molecule is O=C1C(C(=O)N2CCOCC2)=CN2C3CC4CCCCC4CC3OC3C(NCCN4CCNCC4)C(F)CC1C32. The summed E-state index contributed by atoms with van der Waals surface area (Å²) in [6.45, 7) is 7.53. The molecule has 0 aromatic carbocycles. The van der Waals surface area contributed by atoms with Crippen LogP contribution in [0.4, 0.5) is 4.39 Å². The summed E-state index contributed by atoms with van der Waals surface area (Å²) < 4.78 is 28.4. The number of ketones is 1. The number of ether oxygens (including phenoxy) is 2. The third kappa shape index (κ3) is 5.02. The van der Waals surface area contributed by atoms with E-state index in [1.807, 2.05) is 6.20 Å². The van der Waals surface area contributed by atoms with Gasteiger partial charge in [-0.05, 0) is 31.1 Å². The minimum Gasteiger partial charge on any atom is -0.378 e. The number of hydrogen-bond acceptors (Lipinski definition) is 8. The zero-order chi connectivity index (χ0) is 27.2. The van der Waals surface area contributed by atoms with Gasteiger partial charge in [-0.2, -0.15) is 0 Å². The highest BCUT2D eigenvalue weighted by Gasteiger charge is 2.59. The number of alkyl halides is 1. The molecule has 3 aliphatic carbocycles. The lowest BCUT2D eigenvalue weighted by molar-refractivity contribution is -0.208. The molecule has 9 atom stereocenters. The normalized spacial score (nSPS) is 42.0. The van der Waals surface area contributed by atoms with E-state index in [4.69, 9.17) is 9.47 Å². The van der Waals surface area contributed by atoms with Gasteiger partial charge in [-0.1, -0.05) is 25.7 Å². The number of carbonyl (C=O) groups is 2. The molecule has 0 aromatic heterocycles. The molecule has 4 heterocycles. The van der Waals surface area contributed by atoms with Crippen LogP contribution in [-0.4, -0.2) is 128 Å². The van der Waals surface area contributed by atoms with Gasteiger partial charge in [0.15, 0.2) is 5.78 Å². The van der Waals surface area contributed by atoms with Crippen LogP contribution >= 0.6 is 0 Å². The van der Waals surface area contributed by atoms with Gasteiger partial charge in [0.05, 0.1) is 49.1 Å². The molecule has 0 radical (unpaired) electrons. The number of carbonyl (C=O) groups excluding carboxylic acids is 2. The molecule has 2 N–H and O–H groups in total. The Kier molecular flexibility index (Phi) is 7.90. The average Bonchev–Trinajstić information content (AvgIpc) is 2.99. The van der Waals surface area contributed by atoms with E-state index in [-0.39, 0.29) is 41.9 Å². The minimum absolute atomic E-state index is 0.00760. The van der Waals surface area contributed by atoms with Crippen molar-refractivity contribution in [2.24, 2.45) is 17.8 Å². The molecule has 10 heteroatoms. The molecule has 3 saturated carbocycles. The largest absolute Gasteiger partial charge is 0.378 e. The maximum atomic E-state index is 16.1. The first kappa shape index (κ1) is 27.3. The number of piperazine rings is 1. The van der Waals surface area contributed by atoms with E-state index >= 15 is 4.39 Å². The summed E-state index contributed by atoms with van der Waals surface area (Å²) in [4.78, 5) is 34.0. The van der Waals surface area contributed by atoms with Crippen molar-refractivity contribution in [1.82, 2.24) is 25.3 Å². The molecule has 0 spiro atoms. The third-order valence-corrected chi connectivity index (χ3v) is 11.0. The number of amides is 1. The lowest BCUT2D eigenvalue weighted by Crippen LogP contribution is -2.73. The van der Waals surface area contributed by atoms with Crippen LogP contribution < -0.4 is 10.6 Å². The summed E-state index contributed by atoms with van der Waals surface area (Å²) in [5.41, 5.74) is 0.241. The van der Waals surface area contributed by atoms with Crippen LogP contribution in [0, 0.1) is 17.8 Å². The average molecular weight is 560 g/mol. The van der Waals surface area contributed by atoms with Gasteiger partial charge in [-0.3, -0.25) is 14.5 Å². The first-order chi connectivity index (χ1) is 19.6. The Morgan fingerprint density at radius 2 is 1.80 bits per heavy atom. The summed E-state index contributed by atoms with van der Waals surface area (Å²) in [6.07, 6.45) is 7.54. The number of hydrogen-bond donors (Lipinski definition) is 2. The fraction of sp³-hybridized carbons (Fsp3) is 0.867. The van der Waals surface area contributed by atoms with Crippen molar-refractivity contribution < 1.29 is 23.5 Å². The zero-order valence-electron chi connectivity index (χ0n) is 23.6. The standard InChI is InChI=1S/C30H46FN5O4/c31-23-17-21-27-29(26(23)33-7-10-34-8-5-32-6-9-34)40-25-16-20-4-2-1-3-19(20)15-24(25)36(27)18-22(28(21)37)30(38)35-11-13-39-14-12-35/h18-21,23-27,29,32-33H,1-17H2. The van der Waals surface area contributed by atoms with Gasteiger partial charge in [-0.15, -0.1) is 0 Å². The van der Waals surface area contributed by atoms with E-state index in [1.54, 1.807) is 4.90 Å². The monoisotopic (exact) mass is 559 g/mol. The molecule has 7 rings (SSSR count). The highest BCUT2D eigenvalue weighted by molar-refractivity contribution is 6.20. The van der Waals surface area contributed by atoms with Gasteiger partial charge in [0.2, 0.25) is 0 Å². The van der Waals surface area contributed by atoms with Crippen LogP contribution in [-0.2, 0) is 19.1 Å². The second kappa shape index (κ2) is 11.6. The molecule has 9 nitrogen and oxygen atoms in total. The summed E-state index contributed by atoms with van der Waals surface area (Å²) in [5.74, 6) is 0.364. The van der Waals surface area contributed by atoms with E-state index in [9.17, 15) is 9.59 Å². The Balaban J connectivity index is 1.17. The summed E-state index contributed by atoms with van der Waals surface area (Å²) in [5, 5.41) is 6.94. The number of Topliss-reactive ketones (excluding diaryl/α,β-unsaturated/α-hetero) is 1. The van der Waals surface area contributed by atoms with Gasteiger partial charge >= 0.3 is 0 Å². The highest BCUT2D eigenvalue weighted by Crippen LogP contribution is 2.50. The second-order valence-corrected chi connectivity index (χ2v) is 13.2. The van der Waals surface area contributed by atoms with Crippen LogP contribution in [0.15, 0.2) is 11.8 Å². The lowest BCUT2D eigenvalue weighted by atomic mass is 9.65. The van der Waals surface area contributed by atoms with Crippen molar-refractivity contribution in [1.29, 1.82) is 0 Å². The highest BCUT2D eigenvalue weighted by atomic mass is 19.1.